The molecule has 0 aromatic rings. The van der Waals surface area contributed by atoms with Crippen LogP contribution >= 0.6 is 0 Å². The first-order valence-corrected chi connectivity index (χ1v) is 34.4. The van der Waals surface area contributed by atoms with Crippen LogP contribution in [0.5, 0.6) is 0 Å². The fourth-order valence-electron chi connectivity index (χ4n) is 16.8. The van der Waals surface area contributed by atoms with E-state index in [4.69, 9.17) is 61.0 Å². The van der Waals surface area contributed by atoms with Crippen LogP contribution in [0.3, 0.4) is 0 Å². The zero-order valence-corrected chi connectivity index (χ0v) is 55.1. The molecule has 3 saturated carbocycles. The minimum Gasteiger partial charge on any atom is -0.394 e. The number of aliphatic hydroxyl groups is 15. The Morgan fingerprint density at radius 3 is 1.66 bits per heavy atom. The summed E-state index contributed by atoms with van der Waals surface area (Å²) >= 11 is 0. The van der Waals surface area contributed by atoms with Gasteiger partial charge < -0.3 is 133 Å². The van der Waals surface area contributed by atoms with E-state index in [-0.39, 0.29) is 29.6 Å². The van der Waals surface area contributed by atoms with E-state index in [0.29, 0.717) is 31.6 Å². The Hall–Kier alpha value is -1.73. The van der Waals surface area contributed by atoms with Crippen LogP contribution in [0.2, 0.25) is 0 Å². The van der Waals surface area contributed by atoms with Crippen LogP contribution in [-0.4, -0.2) is 299 Å². The Balaban J connectivity index is 0.819. The van der Waals surface area contributed by atoms with Crippen LogP contribution in [0.25, 0.3) is 0 Å². The van der Waals surface area contributed by atoms with Gasteiger partial charge in [-0.3, -0.25) is 4.55 Å². The van der Waals surface area contributed by atoms with Crippen molar-refractivity contribution >= 4 is 10.4 Å². The molecule has 6 aliphatic heterocycles. The Kier molecular flexibility index (Phi) is 23.4. The lowest BCUT2D eigenvalue weighted by atomic mass is 9.47. The summed E-state index contributed by atoms with van der Waals surface area (Å²) in [7, 11) is -4.85. The second-order valence-corrected chi connectivity index (χ2v) is 30.1. The molecular formula is C62H102O31S. The van der Waals surface area contributed by atoms with Gasteiger partial charge in [0.25, 0.3) is 0 Å². The topological polar surface area (TPSA) is 478 Å². The van der Waals surface area contributed by atoms with Crippen molar-refractivity contribution in [1.29, 1.82) is 0 Å². The van der Waals surface area contributed by atoms with Crippen molar-refractivity contribution in [1.82, 2.24) is 0 Å². The van der Waals surface area contributed by atoms with Crippen LogP contribution in [0.1, 0.15) is 114 Å². The highest BCUT2D eigenvalue weighted by atomic mass is 32.3. The Morgan fingerprint density at radius 1 is 0.574 bits per heavy atom. The standard InChI is InChI=1S/C62H102O31S/c1-23(2)11-10-16-62(9,77)36-13-12-30-29-20-33(32-19-28(93-94(78,79)80)14-17-60(32,7)31(29)15-18-61(30,36)8)86-56-48(75)50(39(66)26(5)83-56)89-54-46(73)42(69)35(22-81-54)88-58-52(44(71)38(65)25(4)85-58)92-57-49(76)51(40(67)27(6)84-57)90-59-53(45(72)41(68)34(21-63)87-59)91-55-47(74)43(70)37(64)24(3)82-55/h10,15-16,23-30,32-59,63-77H,11-14,17-22H2,1-9H3,(H,78,79,80). The third kappa shape index (κ3) is 14.8. The fraction of sp³-hybridized carbons (Fsp3) is 0.935. The van der Waals surface area contributed by atoms with Gasteiger partial charge in [-0.15, -0.1) is 0 Å². The minimum absolute atomic E-state index is 0.0651. The highest BCUT2D eigenvalue weighted by molar-refractivity contribution is 7.80. The van der Waals surface area contributed by atoms with Gasteiger partial charge in [-0.05, 0) is 126 Å². The molecule has 94 heavy (non-hydrogen) atoms. The molecule has 0 radical (unpaired) electrons. The van der Waals surface area contributed by atoms with E-state index in [2.05, 4.69) is 33.8 Å². The van der Waals surface area contributed by atoms with E-state index in [1.807, 2.05) is 19.1 Å². The van der Waals surface area contributed by atoms with Crippen molar-refractivity contribution in [3.05, 3.63) is 23.8 Å². The van der Waals surface area contributed by atoms with Crippen LogP contribution < -0.4 is 0 Å². The lowest BCUT2D eigenvalue weighted by Gasteiger charge is -2.60. The van der Waals surface area contributed by atoms with Crippen LogP contribution in [0.4, 0.5) is 0 Å². The Bertz CT molecular complexity index is 2690. The number of aliphatic hydroxyl groups excluding tert-OH is 14. The summed E-state index contributed by atoms with van der Waals surface area (Å²) in [6, 6.07) is 0. The first kappa shape index (κ1) is 74.9. The number of ether oxygens (including phenoxy) is 12. The smallest absolute Gasteiger partial charge is 0.394 e. The molecule has 0 amide bonds. The van der Waals surface area contributed by atoms with Gasteiger partial charge in [0.05, 0.1) is 55.4 Å². The molecule has 38 atom stereocenters. The average Bonchev–Trinajstić information content (AvgIpc) is 1.34. The molecule has 9 fully saturated rings. The number of rotatable bonds is 19. The highest BCUT2D eigenvalue weighted by Gasteiger charge is 2.64. The molecule has 6 heterocycles. The predicted molar refractivity (Wildman–Crippen MR) is 316 cm³/mol. The molecule has 38 unspecified atom stereocenters. The number of fused-ring (bicyclic) bond motifs is 5. The molecule has 32 heteroatoms. The van der Waals surface area contributed by atoms with Gasteiger partial charge in [0.15, 0.2) is 37.7 Å². The van der Waals surface area contributed by atoms with Gasteiger partial charge >= 0.3 is 10.4 Å². The number of allylic oxidation sites excluding steroid dienone is 3. The van der Waals surface area contributed by atoms with Crippen molar-refractivity contribution in [2.75, 3.05) is 13.2 Å². The Labute approximate surface area is 546 Å². The van der Waals surface area contributed by atoms with E-state index < -0.39 is 231 Å². The van der Waals surface area contributed by atoms with Crippen molar-refractivity contribution in [3.63, 3.8) is 0 Å². The van der Waals surface area contributed by atoms with Gasteiger partial charge in [-0.2, -0.15) is 8.42 Å². The van der Waals surface area contributed by atoms with E-state index in [1.165, 1.54) is 33.3 Å². The molecule has 31 nitrogen and oxygen atoms in total. The first-order chi connectivity index (χ1) is 44.0. The Morgan fingerprint density at radius 2 is 1.07 bits per heavy atom. The zero-order chi connectivity index (χ0) is 68.7. The second kappa shape index (κ2) is 29.3. The zero-order valence-electron chi connectivity index (χ0n) is 54.3. The van der Waals surface area contributed by atoms with Gasteiger partial charge in [-0.25, -0.2) is 4.18 Å². The third-order valence-corrected chi connectivity index (χ3v) is 22.7. The van der Waals surface area contributed by atoms with E-state index in [1.54, 1.807) is 0 Å². The largest absolute Gasteiger partial charge is 0.397 e. The van der Waals surface area contributed by atoms with Crippen LogP contribution in [0, 0.1) is 40.4 Å². The van der Waals surface area contributed by atoms with Crippen molar-refractivity contribution in [2.45, 2.75) is 310 Å². The monoisotopic (exact) mass is 1370 g/mol. The highest BCUT2D eigenvalue weighted by Crippen LogP contribution is 2.67. The molecular weight excluding hydrogens is 1270 g/mol. The third-order valence-electron chi connectivity index (χ3n) is 22.2. The number of hydrogen-bond donors (Lipinski definition) is 16. The molecule has 542 valence electrons. The molecule has 16 N–H and O–H groups in total. The molecule has 0 aromatic heterocycles. The predicted octanol–water partition coefficient (Wildman–Crippen LogP) is -3.23. The molecule has 6 saturated heterocycles. The lowest BCUT2D eigenvalue weighted by molar-refractivity contribution is -0.400. The summed E-state index contributed by atoms with van der Waals surface area (Å²) in [5.41, 5.74) is -0.792. The first-order valence-electron chi connectivity index (χ1n) is 33.0. The maximum Gasteiger partial charge on any atom is 0.397 e. The van der Waals surface area contributed by atoms with Gasteiger partial charge in [0, 0.05) is 0 Å². The maximum absolute atomic E-state index is 12.2. The van der Waals surface area contributed by atoms with E-state index in [0.717, 1.165) is 19.3 Å². The van der Waals surface area contributed by atoms with Crippen molar-refractivity contribution < 1.29 is 151 Å². The SMILES string of the molecule is CC(C)CC=CC(C)(O)C1CCC2C3CC(OC4OC(C)C(O)C(OC5OCC(OC6OC(C)C(O)C(O)C6OC6OC(C)C(O)C(OC7OC(CO)C(O)C(O)C7OC7OC(C)C(O)C(O)C7O)C6O)C(O)C5O)C4O)C4CC(OS(=O)(=O)O)CCC4(C)C3=CCC21C. The van der Waals surface area contributed by atoms with Crippen molar-refractivity contribution in [3.8, 4) is 0 Å². The molecule has 0 spiro atoms. The van der Waals surface area contributed by atoms with Gasteiger partial charge in [-0.1, -0.05) is 51.5 Å². The molecule has 10 aliphatic rings. The maximum atomic E-state index is 12.2. The van der Waals surface area contributed by atoms with Crippen molar-refractivity contribution in [2.24, 2.45) is 40.4 Å². The molecule has 0 aromatic carbocycles. The fourth-order valence-corrected chi connectivity index (χ4v) is 17.3. The summed E-state index contributed by atoms with van der Waals surface area (Å²) in [5.74, 6) is -0.0755. The molecule has 10 rings (SSSR count). The summed E-state index contributed by atoms with van der Waals surface area (Å²) < 4.78 is 112. The normalized spacial score (nSPS) is 52.6. The quantitative estimate of drug-likeness (QED) is 0.0447. The average molecular weight is 1380 g/mol. The lowest BCUT2D eigenvalue weighted by Crippen LogP contribution is -2.67. The van der Waals surface area contributed by atoms with Crippen LogP contribution in [0.15, 0.2) is 23.8 Å². The summed E-state index contributed by atoms with van der Waals surface area (Å²) in [4.78, 5) is 0. The molecule has 0 bridgehead atoms. The van der Waals surface area contributed by atoms with Crippen LogP contribution in [-0.2, 0) is 71.4 Å². The minimum atomic E-state index is -4.85. The molecule has 4 aliphatic carbocycles. The van der Waals surface area contributed by atoms with Gasteiger partial charge in [0.1, 0.15) is 116 Å². The number of hydrogen-bond acceptors (Lipinski definition) is 30. The summed E-state index contributed by atoms with van der Waals surface area (Å²) in [6.45, 7) is 14.6. The van der Waals surface area contributed by atoms with E-state index >= 15 is 0 Å². The van der Waals surface area contributed by atoms with E-state index in [9.17, 15) is 89.6 Å². The summed E-state index contributed by atoms with van der Waals surface area (Å²) in [5, 5.41) is 169. The van der Waals surface area contributed by atoms with Gasteiger partial charge in [0.2, 0.25) is 0 Å². The second-order valence-electron chi connectivity index (χ2n) is 29.0. The summed E-state index contributed by atoms with van der Waals surface area (Å²) in [6.07, 6.45) is -40.4.